The number of hydrogen-bond acceptors (Lipinski definition) is 3. The van der Waals surface area contributed by atoms with Crippen LogP contribution < -0.4 is 4.74 Å². The molecule has 0 aliphatic rings. The summed E-state index contributed by atoms with van der Waals surface area (Å²) in [5.74, 6) is 0.614. The van der Waals surface area contributed by atoms with Crippen LogP contribution in [0.2, 0.25) is 10.0 Å². The summed E-state index contributed by atoms with van der Waals surface area (Å²) in [5, 5.41) is 1.09. The Morgan fingerprint density at radius 2 is 2.04 bits per heavy atom. The maximum atomic E-state index is 6.24. The van der Waals surface area contributed by atoms with Gasteiger partial charge >= 0.3 is 0 Å². The van der Waals surface area contributed by atoms with Crippen LogP contribution >= 0.6 is 23.2 Å². The van der Waals surface area contributed by atoms with Crippen LogP contribution in [-0.4, -0.2) is 18.2 Å². The number of aromatic nitrogens is 1. The Bertz CT molecular complexity index is 607. The molecule has 124 valence electrons. The zero-order chi connectivity index (χ0) is 16.7. The van der Waals surface area contributed by atoms with Crippen LogP contribution in [0.3, 0.4) is 0 Å². The van der Waals surface area contributed by atoms with E-state index >= 15 is 0 Å². The van der Waals surface area contributed by atoms with Crippen molar-refractivity contribution in [1.29, 1.82) is 0 Å². The van der Waals surface area contributed by atoms with E-state index in [1.807, 2.05) is 12.1 Å². The highest BCUT2D eigenvalue weighted by Gasteiger charge is 2.25. The van der Waals surface area contributed by atoms with Gasteiger partial charge in [-0.25, -0.2) is 0 Å². The average molecular weight is 354 g/mol. The number of hydrogen-bond donors (Lipinski definition) is 0. The second-order valence-electron chi connectivity index (χ2n) is 5.32. The van der Waals surface area contributed by atoms with Crippen molar-refractivity contribution in [3.63, 3.8) is 0 Å². The van der Waals surface area contributed by atoms with Gasteiger partial charge < -0.3 is 9.47 Å². The van der Waals surface area contributed by atoms with Crippen LogP contribution in [0.4, 0.5) is 0 Å². The summed E-state index contributed by atoms with van der Waals surface area (Å²) >= 11 is 12.2. The van der Waals surface area contributed by atoms with Gasteiger partial charge in [0.15, 0.2) is 0 Å². The molecule has 1 heterocycles. The van der Waals surface area contributed by atoms with E-state index in [0.29, 0.717) is 15.8 Å². The van der Waals surface area contributed by atoms with E-state index < -0.39 is 0 Å². The fraction of sp³-hybridized carbons (Fsp3) is 0.389. The number of ether oxygens (including phenoxy) is 2. The minimum atomic E-state index is -0.206. The third-order valence-electron chi connectivity index (χ3n) is 3.62. The first kappa shape index (κ1) is 18.1. The molecule has 0 aliphatic heterocycles. The van der Waals surface area contributed by atoms with E-state index in [-0.39, 0.29) is 12.2 Å². The standard InChI is InChI=1S/C18H21Cl2NO2/c1-3-4-7-17(18(22-2)13-6-5-10-21-12-13)23-16-9-8-14(19)11-15(16)20/h5-6,8-12,17-18H,3-4,7H2,1-2H3. The summed E-state index contributed by atoms with van der Waals surface area (Å²) in [6.45, 7) is 2.15. The zero-order valence-electron chi connectivity index (χ0n) is 13.3. The highest BCUT2D eigenvalue weighted by Crippen LogP contribution is 2.33. The maximum Gasteiger partial charge on any atom is 0.138 e. The fourth-order valence-corrected chi connectivity index (χ4v) is 2.91. The number of nitrogens with zero attached hydrogens (tertiary/aromatic N) is 1. The van der Waals surface area contributed by atoms with E-state index in [0.717, 1.165) is 24.8 Å². The molecule has 0 saturated heterocycles. The van der Waals surface area contributed by atoms with Gasteiger partial charge in [-0.05, 0) is 37.1 Å². The average Bonchev–Trinajstić information content (AvgIpc) is 2.56. The predicted molar refractivity (Wildman–Crippen MR) is 94.4 cm³/mol. The molecule has 2 aromatic rings. The molecule has 2 unspecified atom stereocenters. The molecule has 1 aromatic heterocycles. The van der Waals surface area contributed by atoms with Gasteiger partial charge in [0.25, 0.3) is 0 Å². The summed E-state index contributed by atoms with van der Waals surface area (Å²) in [6.07, 6.45) is 6.18. The van der Waals surface area contributed by atoms with Crippen molar-refractivity contribution < 1.29 is 9.47 Å². The van der Waals surface area contributed by atoms with Gasteiger partial charge in [0.1, 0.15) is 18.0 Å². The van der Waals surface area contributed by atoms with Gasteiger partial charge in [-0.3, -0.25) is 4.98 Å². The lowest BCUT2D eigenvalue weighted by Gasteiger charge is -2.27. The van der Waals surface area contributed by atoms with Crippen molar-refractivity contribution in [2.24, 2.45) is 0 Å². The molecule has 23 heavy (non-hydrogen) atoms. The maximum absolute atomic E-state index is 6.24. The fourth-order valence-electron chi connectivity index (χ4n) is 2.46. The Kier molecular flexibility index (Phi) is 7.15. The second-order valence-corrected chi connectivity index (χ2v) is 6.16. The van der Waals surface area contributed by atoms with E-state index in [9.17, 15) is 0 Å². The Morgan fingerprint density at radius 3 is 2.65 bits per heavy atom. The van der Waals surface area contributed by atoms with Crippen LogP contribution in [0.5, 0.6) is 5.75 Å². The van der Waals surface area contributed by atoms with Gasteiger partial charge in [-0.2, -0.15) is 0 Å². The van der Waals surface area contributed by atoms with Crippen LogP contribution in [0, 0.1) is 0 Å². The van der Waals surface area contributed by atoms with Gasteiger partial charge in [0, 0.05) is 30.1 Å². The number of methoxy groups -OCH3 is 1. The zero-order valence-corrected chi connectivity index (χ0v) is 14.8. The van der Waals surface area contributed by atoms with Crippen LogP contribution in [0.25, 0.3) is 0 Å². The molecule has 0 aliphatic carbocycles. The highest BCUT2D eigenvalue weighted by molar-refractivity contribution is 6.35. The van der Waals surface area contributed by atoms with Crippen molar-refractivity contribution in [3.05, 3.63) is 58.3 Å². The molecule has 1 aromatic carbocycles. The van der Waals surface area contributed by atoms with Crippen molar-refractivity contribution in [2.75, 3.05) is 7.11 Å². The van der Waals surface area contributed by atoms with Crippen molar-refractivity contribution in [2.45, 2.75) is 38.4 Å². The predicted octanol–water partition coefficient (Wildman–Crippen LogP) is 5.71. The van der Waals surface area contributed by atoms with Crippen LogP contribution in [0.15, 0.2) is 42.7 Å². The number of unbranched alkanes of at least 4 members (excludes halogenated alkanes) is 1. The summed E-state index contributed by atoms with van der Waals surface area (Å²) in [4.78, 5) is 4.17. The molecule has 0 amide bonds. The van der Waals surface area contributed by atoms with Crippen molar-refractivity contribution in [1.82, 2.24) is 4.98 Å². The topological polar surface area (TPSA) is 31.4 Å². The Labute approximate surface area is 147 Å². The van der Waals surface area contributed by atoms with Gasteiger partial charge in [-0.1, -0.05) is 42.6 Å². The molecule has 2 rings (SSSR count). The smallest absolute Gasteiger partial charge is 0.138 e. The third kappa shape index (κ3) is 5.10. The monoisotopic (exact) mass is 353 g/mol. The van der Waals surface area contributed by atoms with Crippen molar-refractivity contribution >= 4 is 23.2 Å². The largest absolute Gasteiger partial charge is 0.486 e. The summed E-state index contributed by atoms with van der Waals surface area (Å²) in [5.41, 5.74) is 0.987. The first-order valence-corrected chi connectivity index (χ1v) is 8.45. The van der Waals surface area contributed by atoms with Gasteiger partial charge in [0.2, 0.25) is 0 Å². The molecule has 0 bridgehead atoms. The minimum absolute atomic E-state index is 0.150. The molecule has 3 nitrogen and oxygen atoms in total. The lowest BCUT2D eigenvalue weighted by Crippen LogP contribution is -2.27. The molecule has 0 saturated carbocycles. The summed E-state index contributed by atoms with van der Waals surface area (Å²) in [7, 11) is 1.68. The van der Waals surface area contributed by atoms with E-state index in [1.165, 1.54) is 0 Å². The molecular formula is C18H21Cl2NO2. The van der Waals surface area contributed by atoms with E-state index in [1.54, 1.807) is 37.7 Å². The first-order chi connectivity index (χ1) is 11.2. The van der Waals surface area contributed by atoms with E-state index in [2.05, 4.69) is 11.9 Å². The number of benzene rings is 1. The van der Waals surface area contributed by atoms with Crippen LogP contribution in [-0.2, 0) is 4.74 Å². The SMILES string of the molecule is CCCCC(Oc1ccc(Cl)cc1Cl)C(OC)c1cccnc1. The van der Waals surface area contributed by atoms with Crippen molar-refractivity contribution in [3.8, 4) is 5.75 Å². The normalized spacial score (nSPS) is 13.6. The van der Waals surface area contributed by atoms with Gasteiger partial charge in [-0.15, -0.1) is 0 Å². The first-order valence-electron chi connectivity index (χ1n) is 7.70. The molecule has 5 heteroatoms. The molecule has 0 N–H and O–H groups in total. The number of rotatable bonds is 8. The minimum Gasteiger partial charge on any atom is -0.486 e. The summed E-state index contributed by atoms with van der Waals surface area (Å²) < 4.78 is 11.9. The van der Waals surface area contributed by atoms with E-state index in [4.69, 9.17) is 32.7 Å². The quantitative estimate of drug-likeness (QED) is 0.608. The summed E-state index contributed by atoms with van der Waals surface area (Å²) in [6, 6.07) is 9.13. The number of pyridine rings is 1. The lowest BCUT2D eigenvalue weighted by molar-refractivity contribution is -0.00456. The molecule has 2 atom stereocenters. The molecule has 0 spiro atoms. The highest BCUT2D eigenvalue weighted by atomic mass is 35.5. The molecule has 0 fully saturated rings. The Morgan fingerprint density at radius 1 is 1.22 bits per heavy atom. The third-order valence-corrected chi connectivity index (χ3v) is 4.15. The Balaban J connectivity index is 2.24. The second kappa shape index (κ2) is 9.11. The molecule has 0 radical (unpaired) electrons. The van der Waals surface area contributed by atoms with Crippen LogP contribution in [0.1, 0.15) is 37.9 Å². The lowest BCUT2D eigenvalue weighted by atomic mass is 10.0. The van der Waals surface area contributed by atoms with Gasteiger partial charge in [0.05, 0.1) is 5.02 Å². The Hall–Kier alpha value is -1.29. The number of halogens is 2. The molecular weight excluding hydrogens is 333 g/mol.